The highest BCUT2D eigenvalue weighted by atomic mass is 32.2. The summed E-state index contributed by atoms with van der Waals surface area (Å²) in [6, 6.07) is 5.13. The first-order valence-electron chi connectivity index (χ1n) is 5.74. The van der Waals surface area contributed by atoms with Crippen molar-refractivity contribution in [3.8, 4) is 0 Å². The molecule has 0 spiro atoms. The smallest absolute Gasteiger partial charge is 0.174 e. The molecule has 2 aromatic rings. The number of nitrogens with one attached hydrogen (secondary N) is 1. The van der Waals surface area contributed by atoms with Crippen molar-refractivity contribution in [1.82, 2.24) is 14.7 Å². The van der Waals surface area contributed by atoms with E-state index < -0.39 is 0 Å². The van der Waals surface area contributed by atoms with Gasteiger partial charge in [0, 0.05) is 17.0 Å². The third-order valence-electron chi connectivity index (χ3n) is 2.34. The van der Waals surface area contributed by atoms with E-state index in [9.17, 15) is 4.39 Å². The first kappa shape index (κ1) is 13.5. The summed E-state index contributed by atoms with van der Waals surface area (Å²) in [5, 5.41) is 3.23. The van der Waals surface area contributed by atoms with Crippen LogP contribution in [0.25, 0.3) is 0 Å². The maximum atomic E-state index is 13.8. The van der Waals surface area contributed by atoms with Crippen molar-refractivity contribution in [2.45, 2.75) is 29.1 Å². The molecule has 96 valence electrons. The van der Waals surface area contributed by atoms with Crippen LogP contribution < -0.4 is 5.32 Å². The molecule has 0 radical (unpaired) electrons. The van der Waals surface area contributed by atoms with E-state index in [1.165, 1.54) is 35.7 Å². The Morgan fingerprint density at radius 3 is 3.06 bits per heavy atom. The molecular weight excluding hydrogens is 269 g/mol. The molecule has 3 nitrogen and oxygen atoms in total. The van der Waals surface area contributed by atoms with Crippen LogP contribution in [0.1, 0.15) is 18.9 Å². The van der Waals surface area contributed by atoms with Crippen molar-refractivity contribution >= 4 is 23.3 Å². The summed E-state index contributed by atoms with van der Waals surface area (Å²) in [5.74, 6) is -0.173. The zero-order chi connectivity index (χ0) is 12.8. The normalized spacial score (nSPS) is 10.8. The molecule has 18 heavy (non-hydrogen) atoms. The van der Waals surface area contributed by atoms with Gasteiger partial charge < -0.3 is 5.32 Å². The lowest BCUT2D eigenvalue weighted by molar-refractivity contribution is 0.578. The fourth-order valence-corrected chi connectivity index (χ4v) is 3.05. The van der Waals surface area contributed by atoms with E-state index in [1.54, 1.807) is 6.07 Å². The van der Waals surface area contributed by atoms with Gasteiger partial charge in [0.05, 0.1) is 0 Å². The zero-order valence-corrected chi connectivity index (χ0v) is 11.7. The SMILES string of the molecule is CCCNCc1c(F)cccc1Sc1ncns1. The first-order valence-corrected chi connectivity index (χ1v) is 7.33. The van der Waals surface area contributed by atoms with E-state index in [1.807, 2.05) is 6.07 Å². The summed E-state index contributed by atoms with van der Waals surface area (Å²) in [6.07, 6.45) is 2.55. The summed E-state index contributed by atoms with van der Waals surface area (Å²) >= 11 is 2.78. The maximum absolute atomic E-state index is 13.8. The molecule has 0 unspecified atom stereocenters. The van der Waals surface area contributed by atoms with Gasteiger partial charge in [-0.1, -0.05) is 24.8 Å². The van der Waals surface area contributed by atoms with Gasteiger partial charge in [0.1, 0.15) is 12.1 Å². The molecule has 0 fully saturated rings. The molecule has 0 bridgehead atoms. The van der Waals surface area contributed by atoms with Gasteiger partial charge >= 0.3 is 0 Å². The molecule has 6 heteroatoms. The van der Waals surface area contributed by atoms with Gasteiger partial charge in [0.25, 0.3) is 0 Å². The lowest BCUT2D eigenvalue weighted by Crippen LogP contribution is -2.15. The average molecular weight is 283 g/mol. The molecule has 0 atom stereocenters. The second-order valence-corrected chi connectivity index (χ2v) is 5.77. The minimum Gasteiger partial charge on any atom is -0.313 e. The lowest BCUT2D eigenvalue weighted by atomic mass is 10.2. The molecule has 1 aromatic carbocycles. The van der Waals surface area contributed by atoms with Crippen molar-refractivity contribution in [1.29, 1.82) is 0 Å². The monoisotopic (exact) mass is 283 g/mol. The van der Waals surface area contributed by atoms with Crippen LogP contribution in [0.15, 0.2) is 33.8 Å². The number of hydrogen-bond acceptors (Lipinski definition) is 5. The number of hydrogen-bond donors (Lipinski definition) is 1. The summed E-state index contributed by atoms with van der Waals surface area (Å²) in [4.78, 5) is 5.00. The van der Waals surface area contributed by atoms with Crippen LogP contribution in [-0.4, -0.2) is 15.9 Å². The Kier molecular flexibility index (Phi) is 5.10. The average Bonchev–Trinajstić information content (AvgIpc) is 2.86. The standard InChI is InChI=1S/C12H14FN3S2/c1-2-6-14-7-9-10(13)4-3-5-11(9)17-12-15-8-16-18-12/h3-5,8,14H,2,6-7H2,1H3. The fraction of sp³-hybridized carbons (Fsp3) is 0.333. The van der Waals surface area contributed by atoms with Crippen molar-refractivity contribution in [2.24, 2.45) is 0 Å². The molecule has 0 aliphatic rings. The largest absolute Gasteiger partial charge is 0.313 e. The highest BCUT2D eigenvalue weighted by Gasteiger charge is 2.10. The van der Waals surface area contributed by atoms with Gasteiger partial charge in [-0.25, -0.2) is 9.37 Å². The number of nitrogens with zero attached hydrogens (tertiary/aromatic N) is 2. The van der Waals surface area contributed by atoms with Crippen molar-refractivity contribution in [3.05, 3.63) is 35.9 Å². The zero-order valence-electron chi connectivity index (χ0n) is 10.0. The van der Waals surface area contributed by atoms with Crippen molar-refractivity contribution in [2.75, 3.05) is 6.54 Å². The molecule has 1 aromatic heterocycles. The third-order valence-corrected chi connectivity index (χ3v) is 4.16. The Morgan fingerprint density at radius 1 is 1.44 bits per heavy atom. The Balaban J connectivity index is 2.15. The molecule has 2 rings (SSSR count). The fourth-order valence-electron chi connectivity index (χ4n) is 1.50. The number of rotatable bonds is 6. The summed E-state index contributed by atoms with van der Waals surface area (Å²) in [5.41, 5.74) is 0.700. The summed E-state index contributed by atoms with van der Waals surface area (Å²) < 4.78 is 18.6. The molecule has 1 N–H and O–H groups in total. The van der Waals surface area contributed by atoms with Crippen LogP contribution >= 0.6 is 23.3 Å². The van der Waals surface area contributed by atoms with Gasteiger partial charge in [-0.05, 0) is 36.6 Å². The van der Waals surface area contributed by atoms with E-state index in [-0.39, 0.29) is 5.82 Å². The van der Waals surface area contributed by atoms with Crippen LogP contribution in [0.2, 0.25) is 0 Å². The minimum atomic E-state index is -0.173. The number of aromatic nitrogens is 2. The highest BCUT2D eigenvalue weighted by Crippen LogP contribution is 2.31. The van der Waals surface area contributed by atoms with Gasteiger partial charge in [-0.2, -0.15) is 4.37 Å². The third kappa shape index (κ3) is 3.51. The van der Waals surface area contributed by atoms with Crippen LogP contribution in [0.5, 0.6) is 0 Å². The number of benzene rings is 1. The summed E-state index contributed by atoms with van der Waals surface area (Å²) in [6.45, 7) is 3.52. The predicted molar refractivity (Wildman–Crippen MR) is 72.4 cm³/mol. The quantitative estimate of drug-likeness (QED) is 0.825. The lowest BCUT2D eigenvalue weighted by Gasteiger charge is -2.09. The number of halogens is 1. The summed E-state index contributed by atoms with van der Waals surface area (Å²) in [7, 11) is 0. The molecule has 0 aliphatic carbocycles. The maximum Gasteiger partial charge on any atom is 0.174 e. The van der Waals surface area contributed by atoms with Crippen LogP contribution in [0.3, 0.4) is 0 Å². The van der Waals surface area contributed by atoms with Crippen LogP contribution in [0, 0.1) is 5.82 Å². The second-order valence-electron chi connectivity index (χ2n) is 3.70. The topological polar surface area (TPSA) is 37.8 Å². The van der Waals surface area contributed by atoms with Gasteiger partial charge in [-0.15, -0.1) is 0 Å². The second kappa shape index (κ2) is 6.82. The Labute approximate surface area is 114 Å². The molecule has 0 amide bonds. The molecule has 1 heterocycles. The van der Waals surface area contributed by atoms with Gasteiger partial charge in [0.2, 0.25) is 0 Å². The van der Waals surface area contributed by atoms with Crippen LogP contribution in [0.4, 0.5) is 4.39 Å². The van der Waals surface area contributed by atoms with Crippen molar-refractivity contribution in [3.63, 3.8) is 0 Å². The molecular formula is C12H14FN3S2. The minimum absolute atomic E-state index is 0.173. The highest BCUT2D eigenvalue weighted by molar-refractivity contribution is 8.01. The van der Waals surface area contributed by atoms with E-state index in [4.69, 9.17) is 0 Å². The molecule has 0 aliphatic heterocycles. The Hall–Kier alpha value is -0.980. The predicted octanol–water partition coefficient (Wildman–Crippen LogP) is 3.33. The van der Waals surface area contributed by atoms with E-state index in [2.05, 4.69) is 21.6 Å². The van der Waals surface area contributed by atoms with E-state index in [0.717, 1.165) is 22.2 Å². The Morgan fingerprint density at radius 2 is 2.33 bits per heavy atom. The molecule has 0 saturated carbocycles. The van der Waals surface area contributed by atoms with E-state index >= 15 is 0 Å². The van der Waals surface area contributed by atoms with E-state index in [0.29, 0.717) is 12.1 Å². The Bertz CT molecular complexity index is 488. The first-order chi connectivity index (χ1) is 8.81. The van der Waals surface area contributed by atoms with Gasteiger partial charge in [-0.3, -0.25) is 0 Å². The van der Waals surface area contributed by atoms with Crippen molar-refractivity contribution < 1.29 is 4.39 Å². The molecule has 0 saturated heterocycles. The van der Waals surface area contributed by atoms with Gasteiger partial charge in [0.15, 0.2) is 4.34 Å². The van der Waals surface area contributed by atoms with Crippen LogP contribution in [-0.2, 0) is 6.54 Å².